The van der Waals surface area contributed by atoms with Crippen LogP contribution in [0.1, 0.15) is 6.92 Å². The van der Waals surface area contributed by atoms with Crippen LogP contribution < -0.4 is 0 Å². The number of aliphatic hydroxyl groups is 2. The minimum absolute atomic E-state index is 0.882. The van der Waals surface area contributed by atoms with Gasteiger partial charge in [-0.05, 0) is 0 Å². The molecule has 0 aromatic rings. The molecule has 0 rings (SSSR count). The Kier molecular flexibility index (Phi) is 1.48. The maximum Gasteiger partial charge on any atom is 0.303 e. The van der Waals surface area contributed by atoms with E-state index in [1.54, 1.807) is 0 Å². The minimum Gasteiger partial charge on any atom is -0.342 e. The van der Waals surface area contributed by atoms with Gasteiger partial charge in [-0.3, -0.25) is 0 Å². The summed E-state index contributed by atoms with van der Waals surface area (Å²) in [6.07, 6.45) is 0. The van der Waals surface area contributed by atoms with Crippen molar-refractivity contribution in [3.8, 4) is 0 Å². The average molecular weight is 94.1 g/mol. The quantitative estimate of drug-likeness (QED) is 0.224. The van der Waals surface area contributed by atoms with Gasteiger partial charge in [-0.1, -0.05) is 0 Å². The molecule has 0 atom stereocenters. The van der Waals surface area contributed by atoms with Crippen LogP contribution in [0.15, 0.2) is 0 Å². The second-order valence-corrected chi connectivity index (χ2v) is 1.03. The highest BCUT2D eigenvalue weighted by Crippen LogP contribution is 1.92. The lowest BCUT2D eigenvalue weighted by Crippen LogP contribution is -2.24. The summed E-state index contributed by atoms with van der Waals surface area (Å²) in [5.41, 5.74) is 0. The Bertz CT molecular complexity index is 35.3. The molecule has 0 saturated heterocycles. The van der Waals surface area contributed by atoms with E-state index in [1.165, 1.54) is 0 Å². The van der Waals surface area contributed by atoms with Crippen molar-refractivity contribution in [3.63, 3.8) is 0 Å². The van der Waals surface area contributed by atoms with Crippen LogP contribution in [0, 0.1) is 0 Å². The van der Waals surface area contributed by atoms with Crippen LogP contribution in [0.5, 0.6) is 0 Å². The highest BCUT2D eigenvalue weighted by atomic mass is 17.2. The van der Waals surface area contributed by atoms with Crippen molar-refractivity contribution in [2.45, 2.75) is 12.9 Å². The summed E-state index contributed by atoms with van der Waals surface area (Å²) in [5.74, 6) is -2.40. The Hall–Kier alpha value is -0.160. The van der Waals surface area contributed by atoms with Crippen molar-refractivity contribution < 1.29 is 20.4 Å². The molecule has 0 radical (unpaired) electrons. The fourth-order valence-electron chi connectivity index (χ4n) is 0. The largest absolute Gasteiger partial charge is 0.342 e. The molecule has 0 aromatic carbocycles. The lowest BCUT2D eigenvalue weighted by atomic mass is 10.7. The van der Waals surface area contributed by atoms with Gasteiger partial charge in [-0.15, -0.1) is 0 Å². The average Bonchev–Trinajstić information content (AvgIpc) is 1.35. The third-order valence-electron chi connectivity index (χ3n) is 0.173. The van der Waals surface area contributed by atoms with E-state index in [9.17, 15) is 0 Å². The molecule has 6 heavy (non-hydrogen) atoms. The molecule has 0 aromatic heterocycles. The maximum absolute atomic E-state index is 7.91. The molecular formula is C2H6O4. The lowest BCUT2D eigenvalue weighted by Gasteiger charge is -2.07. The third-order valence-corrected chi connectivity index (χ3v) is 0.173. The summed E-state index contributed by atoms with van der Waals surface area (Å²) in [5, 5.41) is 23.2. The fraction of sp³-hybridized carbons (Fsp3) is 1.00. The first kappa shape index (κ1) is 5.84. The molecule has 0 aliphatic heterocycles. The van der Waals surface area contributed by atoms with Gasteiger partial charge in [-0.2, -0.15) is 4.89 Å². The van der Waals surface area contributed by atoms with Crippen molar-refractivity contribution in [2.24, 2.45) is 0 Å². The van der Waals surface area contributed by atoms with E-state index in [-0.39, 0.29) is 0 Å². The Morgan fingerprint density at radius 3 is 1.67 bits per heavy atom. The SMILES string of the molecule is CC(O)(O)OO. The van der Waals surface area contributed by atoms with Crippen LogP contribution in [-0.4, -0.2) is 21.4 Å². The molecule has 4 heteroatoms. The Morgan fingerprint density at radius 1 is 1.50 bits per heavy atom. The van der Waals surface area contributed by atoms with Crippen LogP contribution >= 0.6 is 0 Å². The van der Waals surface area contributed by atoms with Crippen molar-refractivity contribution in [1.82, 2.24) is 0 Å². The zero-order valence-corrected chi connectivity index (χ0v) is 3.25. The van der Waals surface area contributed by atoms with Gasteiger partial charge in [0.1, 0.15) is 0 Å². The van der Waals surface area contributed by atoms with Gasteiger partial charge in [0.15, 0.2) is 0 Å². The molecule has 0 heterocycles. The van der Waals surface area contributed by atoms with Gasteiger partial charge < -0.3 is 10.2 Å². The van der Waals surface area contributed by atoms with Gasteiger partial charge in [0.05, 0.1) is 0 Å². The molecule has 0 fully saturated rings. The standard InChI is InChI=1S/C2H6O4/c1-2(3,4)6-5/h3-5H,1H3. The highest BCUT2D eigenvalue weighted by Gasteiger charge is 2.13. The Balaban J connectivity index is 3.17. The molecule has 0 amide bonds. The topological polar surface area (TPSA) is 69.9 Å². The maximum atomic E-state index is 7.91. The summed E-state index contributed by atoms with van der Waals surface area (Å²) in [4.78, 5) is 3.05. The molecule has 0 bridgehead atoms. The summed E-state index contributed by atoms with van der Waals surface area (Å²) in [6.45, 7) is 0.882. The minimum atomic E-state index is -2.40. The second-order valence-electron chi connectivity index (χ2n) is 1.03. The molecule has 0 unspecified atom stereocenters. The molecule has 0 saturated carbocycles. The Labute approximate surface area is 34.5 Å². The summed E-state index contributed by atoms with van der Waals surface area (Å²) in [7, 11) is 0. The van der Waals surface area contributed by atoms with Crippen molar-refractivity contribution >= 4 is 0 Å². The van der Waals surface area contributed by atoms with Crippen molar-refractivity contribution in [1.29, 1.82) is 0 Å². The molecule has 0 aliphatic rings. The number of hydrogen-bond donors (Lipinski definition) is 3. The zero-order valence-electron chi connectivity index (χ0n) is 3.25. The third kappa shape index (κ3) is 3.84. The van der Waals surface area contributed by atoms with E-state index in [0.29, 0.717) is 0 Å². The molecular weight excluding hydrogens is 88.0 g/mol. The smallest absolute Gasteiger partial charge is 0.303 e. The normalized spacial score (nSPS) is 12.0. The first-order chi connectivity index (χ1) is 2.56. The van der Waals surface area contributed by atoms with Gasteiger partial charge in [0, 0.05) is 6.92 Å². The molecule has 38 valence electrons. The van der Waals surface area contributed by atoms with Gasteiger partial charge in [0.25, 0.3) is 0 Å². The first-order valence-corrected chi connectivity index (χ1v) is 1.33. The fourth-order valence-corrected chi connectivity index (χ4v) is 0. The van der Waals surface area contributed by atoms with Crippen LogP contribution in [0.2, 0.25) is 0 Å². The number of hydrogen-bond acceptors (Lipinski definition) is 4. The summed E-state index contributed by atoms with van der Waals surface area (Å²) >= 11 is 0. The Morgan fingerprint density at radius 2 is 1.67 bits per heavy atom. The molecule has 3 N–H and O–H groups in total. The van der Waals surface area contributed by atoms with E-state index in [4.69, 9.17) is 15.5 Å². The monoisotopic (exact) mass is 94.0 g/mol. The van der Waals surface area contributed by atoms with E-state index in [0.717, 1.165) is 6.92 Å². The predicted molar refractivity (Wildman–Crippen MR) is 16.6 cm³/mol. The molecule has 4 nitrogen and oxygen atoms in total. The van der Waals surface area contributed by atoms with Gasteiger partial charge in [0.2, 0.25) is 0 Å². The molecule has 0 aliphatic carbocycles. The van der Waals surface area contributed by atoms with E-state index in [1.807, 2.05) is 0 Å². The van der Waals surface area contributed by atoms with Crippen LogP contribution in [0.3, 0.4) is 0 Å². The van der Waals surface area contributed by atoms with Crippen LogP contribution in [-0.2, 0) is 4.89 Å². The highest BCUT2D eigenvalue weighted by molar-refractivity contribution is 4.24. The van der Waals surface area contributed by atoms with E-state index >= 15 is 0 Å². The van der Waals surface area contributed by atoms with Crippen LogP contribution in [0.4, 0.5) is 0 Å². The summed E-state index contributed by atoms with van der Waals surface area (Å²) < 4.78 is 0. The van der Waals surface area contributed by atoms with Crippen LogP contribution in [0.25, 0.3) is 0 Å². The predicted octanol–water partition coefficient (Wildman–Crippen LogP) is -0.866. The van der Waals surface area contributed by atoms with E-state index in [2.05, 4.69) is 4.89 Å². The number of rotatable bonds is 1. The zero-order chi connectivity index (χ0) is 5.21. The molecule has 0 spiro atoms. The van der Waals surface area contributed by atoms with Crippen molar-refractivity contribution in [3.05, 3.63) is 0 Å². The summed E-state index contributed by atoms with van der Waals surface area (Å²) in [6, 6.07) is 0. The lowest BCUT2D eigenvalue weighted by molar-refractivity contribution is -0.461. The first-order valence-electron chi connectivity index (χ1n) is 1.33. The second kappa shape index (κ2) is 1.53. The van der Waals surface area contributed by atoms with Gasteiger partial charge in [-0.25, -0.2) is 5.26 Å². The van der Waals surface area contributed by atoms with Gasteiger partial charge >= 0.3 is 5.97 Å². The van der Waals surface area contributed by atoms with E-state index < -0.39 is 5.97 Å². The van der Waals surface area contributed by atoms with Crippen molar-refractivity contribution in [2.75, 3.05) is 0 Å².